The molecule has 0 spiro atoms. The van der Waals surface area contributed by atoms with Crippen LogP contribution < -0.4 is 24.8 Å². The summed E-state index contributed by atoms with van der Waals surface area (Å²) in [5.74, 6) is 0. The molecule has 4 unspecified atom stereocenters. The van der Waals surface area contributed by atoms with Gasteiger partial charge in [-0.25, -0.2) is 0 Å². The second-order valence-electron chi connectivity index (χ2n) is 21.3. The van der Waals surface area contributed by atoms with Gasteiger partial charge in [0.1, 0.15) is 0 Å². The molecule has 0 aromatic heterocycles. The quantitative estimate of drug-likeness (QED) is 0.180. The van der Waals surface area contributed by atoms with Crippen LogP contribution in [0.15, 0.2) is 96.1 Å². The fraction of sp³-hybridized carbons (Fsp3) is 0.462. The Kier molecular flexibility index (Phi) is 11.1. The van der Waals surface area contributed by atoms with Gasteiger partial charge in [0.05, 0.1) is 0 Å². The second-order valence-corrected chi connectivity index (χ2v) is 28.6. The Balaban J connectivity index is 0.00000257. The van der Waals surface area contributed by atoms with E-state index in [4.69, 9.17) is 0 Å². The third-order valence-corrected chi connectivity index (χ3v) is 24.6. The van der Waals surface area contributed by atoms with Gasteiger partial charge in [-0.1, -0.05) is 0 Å². The molecule has 290 valence electrons. The molecule has 55 heavy (non-hydrogen) atoms. The molecule has 1 aliphatic heterocycles. The van der Waals surface area contributed by atoms with E-state index < -0.39 is 16.6 Å². The van der Waals surface area contributed by atoms with Crippen molar-refractivity contribution in [3.8, 4) is 22.3 Å². The zero-order valence-corrected chi connectivity index (χ0v) is 38.7. The van der Waals surface area contributed by atoms with E-state index in [0.29, 0.717) is 8.45 Å². The number of hydrogen-bond donors (Lipinski definition) is 0. The van der Waals surface area contributed by atoms with Crippen LogP contribution in [0.1, 0.15) is 151 Å². The first-order valence-corrected chi connectivity index (χ1v) is 24.4. The van der Waals surface area contributed by atoms with Crippen molar-refractivity contribution in [1.29, 1.82) is 0 Å². The van der Waals surface area contributed by atoms with Gasteiger partial charge in [0, 0.05) is 0 Å². The molecule has 0 nitrogen and oxygen atoms in total. The maximum absolute atomic E-state index is 2.87. The van der Waals surface area contributed by atoms with E-state index in [1.807, 2.05) is 0 Å². The summed E-state index contributed by atoms with van der Waals surface area (Å²) in [5, 5.41) is 0. The number of hydrogen-bond acceptors (Lipinski definition) is 0. The van der Waals surface area contributed by atoms with Gasteiger partial charge in [0.25, 0.3) is 0 Å². The van der Waals surface area contributed by atoms with Crippen LogP contribution in [-0.4, -0.2) is 0 Å². The maximum Gasteiger partial charge on any atom is -1.00 e. The maximum atomic E-state index is 2.72. The Morgan fingerprint density at radius 2 is 0.782 bits per heavy atom. The summed E-state index contributed by atoms with van der Waals surface area (Å²) in [6, 6.07) is 33.8. The fourth-order valence-electron chi connectivity index (χ4n) is 11.2. The van der Waals surface area contributed by atoms with Crippen LogP contribution in [0.2, 0.25) is 8.45 Å². The van der Waals surface area contributed by atoms with Crippen LogP contribution in [0, 0.1) is 10.8 Å². The van der Waals surface area contributed by atoms with Crippen LogP contribution in [0.5, 0.6) is 0 Å². The van der Waals surface area contributed by atoms with Gasteiger partial charge < -0.3 is 24.8 Å². The number of rotatable bonds is 4. The van der Waals surface area contributed by atoms with Gasteiger partial charge in [-0.2, -0.15) is 0 Å². The van der Waals surface area contributed by atoms with Gasteiger partial charge in [0.15, 0.2) is 0 Å². The van der Waals surface area contributed by atoms with E-state index in [9.17, 15) is 0 Å². The van der Waals surface area contributed by atoms with Crippen LogP contribution in [0.25, 0.3) is 34.4 Å². The molecule has 1 heterocycles. The number of halogens is 2. The molecule has 4 aromatic carbocycles. The molecule has 1 saturated carbocycles. The first-order chi connectivity index (χ1) is 24.8. The zero-order valence-electron chi connectivity index (χ0n) is 35.6. The topological polar surface area (TPSA) is 0 Å². The Hall–Kier alpha value is -2.35. The summed E-state index contributed by atoms with van der Waals surface area (Å²) < 4.78 is 3.03. The molecular weight excluding hydrogens is 743 g/mol. The average Bonchev–Trinajstić information content (AvgIpc) is 3.35. The van der Waals surface area contributed by atoms with E-state index in [0.717, 1.165) is 8.45 Å². The van der Waals surface area contributed by atoms with Crippen molar-refractivity contribution in [3.63, 3.8) is 0 Å². The fourth-order valence-corrected chi connectivity index (χ4v) is 26.0. The van der Waals surface area contributed by atoms with E-state index in [-0.39, 0.29) is 46.5 Å². The van der Waals surface area contributed by atoms with Crippen molar-refractivity contribution in [3.05, 3.63) is 129 Å². The molecule has 0 amide bonds. The normalized spacial score (nSPS) is 23.3. The van der Waals surface area contributed by atoms with E-state index in [1.54, 1.807) is 22.3 Å². The molecule has 2 fully saturated rings. The van der Waals surface area contributed by atoms with Crippen molar-refractivity contribution in [2.24, 2.45) is 10.8 Å². The van der Waals surface area contributed by atoms with E-state index in [1.165, 1.54) is 70.2 Å². The minimum Gasteiger partial charge on any atom is -1.00 e. The number of benzene rings is 4. The summed E-state index contributed by atoms with van der Waals surface area (Å²) in [6.07, 6.45) is 11.1. The molecule has 3 aliphatic carbocycles. The van der Waals surface area contributed by atoms with Crippen LogP contribution >= 0.6 is 0 Å². The number of fused-ring (bicyclic) bond motifs is 3. The molecule has 1 saturated heterocycles. The summed E-state index contributed by atoms with van der Waals surface area (Å²) in [7, 11) is 0. The molecular formula is C52H64Cl2Ti. The predicted octanol–water partition coefficient (Wildman–Crippen LogP) is 9.61. The minimum absolute atomic E-state index is 0. The van der Waals surface area contributed by atoms with Crippen molar-refractivity contribution < 1.29 is 41.4 Å². The SMILES string of the molecule is CC(C)(C)C1=Cc2c(-c3ccc(C(C)(C)C)cc3)cccc2[CH]1[Ti+2]1([CH]2C(C(C)(C)C)=Cc3c(-c4ccc(C(C)(C)C)cc4)cccc32)[CH]2CCCC[CH]21.[Cl-].[Cl-]. The zero-order chi connectivity index (χ0) is 37.9. The van der Waals surface area contributed by atoms with E-state index >= 15 is 0 Å². The molecule has 4 aliphatic rings. The predicted molar refractivity (Wildman–Crippen MR) is 227 cm³/mol. The molecule has 8 rings (SSSR count). The van der Waals surface area contributed by atoms with Crippen LogP contribution in [0.3, 0.4) is 0 Å². The largest absolute Gasteiger partial charge is 1.00 e. The average molecular weight is 808 g/mol. The number of allylic oxidation sites excluding steroid dienone is 2. The van der Waals surface area contributed by atoms with Gasteiger partial charge in [-0.15, -0.1) is 0 Å². The van der Waals surface area contributed by atoms with Gasteiger partial charge in [-0.05, 0) is 0 Å². The Morgan fingerprint density at radius 3 is 1.09 bits per heavy atom. The van der Waals surface area contributed by atoms with Gasteiger partial charge >= 0.3 is 328 Å². The van der Waals surface area contributed by atoms with E-state index in [2.05, 4.69) is 180 Å². The standard InChI is InChI=1S/2C23H27.C6H10.2ClH.Ti/c2*1-22(2,3)18-12-10-16(11-13-18)20-9-7-8-17-14-19(15-21(17)20)23(4,5)6;1-2-4-6-5-3-1;;;/h2*7-15H,1-6H3;1-2H,3-6H2;2*1H;/q;;;;;+2/p-2. The first kappa shape index (κ1) is 42.3. The minimum atomic E-state index is -2.87. The monoisotopic (exact) mass is 806 g/mol. The first-order valence-electron chi connectivity index (χ1n) is 20.7. The van der Waals surface area contributed by atoms with Crippen LogP contribution in [0.4, 0.5) is 0 Å². The molecule has 0 N–H and O–H groups in total. The Bertz CT molecular complexity index is 1970. The molecule has 3 heteroatoms. The molecule has 0 radical (unpaired) electrons. The summed E-state index contributed by atoms with van der Waals surface area (Å²) in [5.41, 5.74) is 18.7. The summed E-state index contributed by atoms with van der Waals surface area (Å²) in [4.78, 5) is 0. The Morgan fingerprint density at radius 1 is 0.436 bits per heavy atom. The van der Waals surface area contributed by atoms with Gasteiger partial charge in [0.2, 0.25) is 0 Å². The molecule has 0 bridgehead atoms. The van der Waals surface area contributed by atoms with Crippen molar-refractivity contribution in [2.75, 3.05) is 0 Å². The smallest absolute Gasteiger partial charge is 1.00 e. The van der Waals surface area contributed by atoms with Crippen molar-refractivity contribution >= 4 is 12.2 Å². The van der Waals surface area contributed by atoms with Crippen molar-refractivity contribution in [2.45, 2.75) is 136 Å². The molecule has 4 atom stereocenters. The Labute approximate surface area is 350 Å². The third kappa shape index (κ3) is 7.02. The van der Waals surface area contributed by atoms with Crippen molar-refractivity contribution in [1.82, 2.24) is 0 Å². The summed E-state index contributed by atoms with van der Waals surface area (Å²) in [6.45, 7) is 29.0. The summed E-state index contributed by atoms with van der Waals surface area (Å²) >= 11 is -2.87. The third-order valence-electron chi connectivity index (χ3n) is 13.9. The molecule has 4 aromatic rings. The van der Waals surface area contributed by atoms with Crippen LogP contribution in [-0.2, 0) is 27.4 Å². The van der Waals surface area contributed by atoms with Gasteiger partial charge in [-0.3, -0.25) is 0 Å². The second kappa shape index (κ2) is 14.5.